The number of nitrogens with two attached hydrogens (primary N) is 1. The zero-order valence-corrected chi connectivity index (χ0v) is 10.4. The number of hydrogen-bond acceptors (Lipinski definition) is 3. The number of primary amides is 1. The van der Waals surface area contributed by atoms with Crippen LogP contribution in [0.1, 0.15) is 33.1 Å². The molecule has 4 N–H and O–H groups in total. The van der Waals surface area contributed by atoms with Crippen LogP contribution in [0.25, 0.3) is 0 Å². The number of carbonyl (C=O) groups excluding carboxylic acids is 3. The number of carbonyl (C=O) groups is 3. The summed E-state index contributed by atoms with van der Waals surface area (Å²) >= 11 is 0. The van der Waals surface area contributed by atoms with Gasteiger partial charge >= 0.3 is 0 Å². The van der Waals surface area contributed by atoms with E-state index >= 15 is 0 Å². The van der Waals surface area contributed by atoms with Gasteiger partial charge in [0.2, 0.25) is 17.7 Å². The molecular weight excluding hydrogens is 222 g/mol. The molecule has 0 aromatic rings. The molecule has 0 rings (SSSR count). The maximum atomic E-state index is 11.3. The third-order valence-corrected chi connectivity index (χ3v) is 2.08. The van der Waals surface area contributed by atoms with Crippen LogP contribution in [0.15, 0.2) is 0 Å². The molecule has 0 bridgehead atoms. The fraction of sp³-hybridized carbons (Fsp3) is 0.727. The van der Waals surface area contributed by atoms with E-state index < -0.39 is 5.91 Å². The first-order valence-corrected chi connectivity index (χ1v) is 5.73. The topological polar surface area (TPSA) is 101 Å². The molecule has 0 aliphatic carbocycles. The van der Waals surface area contributed by atoms with Crippen LogP contribution in [-0.2, 0) is 14.4 Å². The maximum absolute atomic E-state index is 11.3. The molecule has 0 aromatic carbocycles. The van der Waals surface area contributed by atoms with E-state index in [0.717, 1.165) is 6.42 Å². The lowest BCUT2D eigenvalue weighted by Crippen LogP contribution is -2.34. The van der Waals surface area contributed by atoms with Gasteiger partial charge in [0.1, 0.15) is 0 Å². The predicted molar refractivity (Wildman–Crippen MR) is 63.9 cm³/mol. The molecule has 6 nitrogen and oxygen atoms in total. The Morgan fingerprint density at radius 2 is 1.59 bits per heavy atom. The normalized spacial score (nSPS) is 10.1. The first-order chi connectivity index (χ1) is 7.91. The number of hydrogen-bond donors (Lipinski definition) is 3. The molecule has 0 fully saturated rings. The number of amides is 3. The largest absolute Gasteiger partial charge is 0.368 e. The van der Waals surface area contributed by atoms with E-state index in [4.69, 9.17) is 5.73 Å². The molecule has 98 valence electrons. The van der Waals surface area contributed by atoms with Crippen molar-refractivity contribution >= 4 is 17.7 Å². The molecule has 0 unspecified atom stereocenters. The Labute approximate surface area is 101 Å². The molecule has 3 amide bonds. The molecule has 0 heterocycles. The summed E-state index contributed by atoms with van der Waals surface area (Å²) < 4.78 is 0. The van der Waals surface area contributed by atoms with Gasteiger partial charge in [-0.25, -0.2) is 0 Å². The predicted octanol–water partition coefficient (Wildman–Crippen LogP) is -0.470. The van der Waals surface area contributed by atoms with Crippen molar-refractivity contribution in [1.82, 2.24) is 10.6 Å². The molecule has 0 aromatic heterocycles. The molecule has 6 heteroatoms. The average molecular weight is 243 g/mol. The fourth-order valence-electron chi connectivity index (χ4n) is 1.09. The minimum absolute atomic E-state index is 0.0702. The minimum Gasteiger partial charge on any atom is -0.368 e. The molecule has 0 radical (unpaired) electrons. The second-order valence-electron chi connectivity index (χ2n) is 4.28. The van der Waals surface area contributed by atoms with Crippen LogP contribution in [0.3, 0.4) is 0 Å². The van der Waals surface area contributed by atoms with E-state index in [1.54, 1.807) is 0 Å². The first-order valence-electron chi connectivity index (χ1n) is 5.73. The zero-order chi connectivity index (χ0) is 13.3. The van der Waals surface area contributed by atoms with Crippen molar-refractivity contribution in [1.29, 1.82) is 0 Å². The van der Waals surface area contributed by atoms with Crippen molar-refractivity contribution in [2.45, 2.75) is 33.1 Å². The van der Waals surface area contributed by atoms with Crippen LogP contribution in [0.5, 0.6) is 0 Å². The molecule has 0 spiro atoms. The number of rotatable bonds is 8. The quantitative estimate of drug-likeness (QED) is 0.537. The summed E-state index contributed by atoms with van der Waals surface area (Å²) in [5.41, 5.74) is 4.86. The molecule has 0 saturated heterocycles. The third-order valence-electron chi connectivity index (χ3n) is 2.08. The van der Waals surface area contributed by atoms with Crippen LogP contribution >= 0.6 is 0 Å². The lowest BCUT2D eigenvalue weighted by molar-refractivity contribution is -0.127. The van der Waals surface area contributed by atoms with Gasteiger partial charge in [-0.05, 0) is 12.3 Å². The Morgan fingerprint density at radius 3 is 2.06 bits per heavy atom. The maximum Gasteiger partial charge on any atom is 0.236 e. The highest BCUT2D eigenvalue weighted by Crippen LogP contribution is 1.97. The Balaban J connectivity index is 3.55. The monoisotopic (exact) mass is 243 g/mol. The van der Waals surface area contributed by atoms with E-state index in [1.807, 2.05) is 0 Å². The second kappa shape index (κ2) is 8.55. The Hall–Kier alpha value is -1.59. The summed E-state index contributed by atoms with van der Waals surface area (Å²) in [4.78, 5) is 32.8. The van der Waals surface area contributed by atoms with E-state index in [2.05, 4.69) is 24.5 Å². The van der Waals surface area contributed by atoms with Gasteiger partial charge in [-0.2, -0.15) is 0 Å². The molecule has 0 saturated carbocycles. The fourth-order valence-corrected chi connectivity index (χ4v) is 1.09. The lowest BCUT2D eigenvalue weighted by Gasteiger charge is -2.07. The van der Waals surface area contributed by atoms with Crippen LogP contribution in [-0.4, -0.2) is 30.8 Å². The Kier molecular flexibility index (Phi) is 7.75. The van der Waals surface area contributed by atoms with Crippen molar-refractivity contribution in [3.05, 3.63) is 0 Å². The molecule has 17 heavy (non-hydrogen) atoms. The lowest BCUT2D eigenvalue weighted by atomic mass is 10.1. The number of nitrogens with one attached hydrogen (secondary N) is 2. The van der Waals surface area contributed by atoms with Crippen LogP contribution in [0, 0.1) is 5.92 Å². The summed E-state index contributed by atoms with van der Waals surface area (Å²) in [5.74, 6) is -0.559. The van der Waals surface area contributed by atoms with Gasteiger partial charge in [0.15, 0.2) is 0 Å². The third kappa shape index (κ3) is 10.7. The molecule has 0 aliphatic heterocycles. The Bertz CT molecular complexity index is 277. The molecular formula is C11H21N3O3. The summed E-state index contributed by atoms with van der Waals surface area (Å²) in [7, 11) is 0. The van der Waals surface area contributed by atoms with Gasteiger partial charge < -0.3 is 16.4 Å². The highest BCUT2D eigenvalue weighted by molar-refractivity contribution is 5.86. The van der Waals surface area contributed by atoms with E-state index in [9.17, 15) is 14.4 Å². The van der Waals surface area contributed by atoms with Gasteiger partial charge in [0, 0.05) is 19.4 Å². The van der Waals surface area contributed by atoms with Crippen LogP contribution < -0.4 is 16.4 Å². The highest BCUT2D eigenvalue weighted by Gasteiger charge is 2.07. The van der Waals surface area contributed by atoms with Crippen molar-refractivity contribution < 1.29 is 14.4 Å². The summed E-state index contributed by atoms with van der Waals surface area (Å²) in [5, 5.41) is 5.04. The van der Waals surface area contributed by atoms with Crippen LogP contribution in [0.2, 0.25) is 0 Å². The van der Waals surface area contributed by atoms with E-state index in [0.29, 0.717) is 12.5 Å². The van der Waals surface area contributed by atoms with Gasteiger partial charge in [-0.3, -0.25) is 14.4 Å². The standard InChI is InChI=1S/C11H21N3O3/c1-8(2)5-6-13-10(16)3-4-11(17)14-7-9(12)15/h8H,3-7H2,1-2H3,(H2,12,15)(H,13,16)(H,14,17). The van der Waals surface area contributed by atoms with Gasteiger partial charge in [-0.15, -0.1) is 0 Å². The van der Waals surface area contributed by atoms with Crippen molar-refractivity contribution in [3.8, 4) is 0 Å². The first kappa shape index (κ1) is 15.4. The van der Waals surface area contributed by atoms with E-state index in [-0.39, 0.29) is 31.2 Å². The van der Waals surface area contributed by atoms with Gasteiger partial charge in [-0.1, -0.05) is 13.8 Å². The second-order valence-corrected chi connectivity index (χ2v) is 4.28. The van der Waals surface area contributed by atoms with E-state index in [1.165, 1.54) is 0 Å². The summed E-state index contributed by atoms with van der Waals surface area (Å²) in [6, 6.07) is 0. The van der Waals surface area contributed by atoms with Crippen LogP contribution in [0.4, 0.5) is 0 Å². The smallest absolute Gasteiger partial charge is 0.236 e. The zero-order valence-electron chi connectivity index (χ0n) is 10.4. The summed E-state index contributed by atoms with van der Waals surface area (Å²) in [6.07, 6.45) is 1.11. The van der Waals surface area contributed by atoms with Crippen molar-refractivity contribution in [3.63, 3.8) is 0 Å². The van der Waals surface area contributed by atoms with Crippen molar-refractivity contribution in [2.75, 3.05) is 13.1 Å². The summed E-state index contributed by atoms with van der Waals surface area (Å²) in [6.45, 7) is 4.58. The Morgan fingerprint density at radius 1 is 1.06 bits per heavy atom. The van der Waals surface area contributed by atoms with Gasteiger partial charge in [0.25, 0.3) is 0 Å². The minimum atomic E-state index is -0.597. The SMILES string of the molecule is CC(C)CCNC(=O)CCC(=O)NCC(N)=O. The highest BCUT2D eigenvalue weighted by atomic mass is 16.2. The van der Waals surface area contributed by atoms with Gasteiger partial charge in [0.05, 0.1) is 6.54 Å². The average Bonchev–Trinajstić information content (AvgIpc) is 2.23. The molecule has 0 atom stereocenters. The molecule has 0 aliphatic rings. The van der Waals surface area contributed by atoms with Crippen molar-refractivity contribution in [2.24, 2.45) is 11.7 Å².